The maximum absolute atomic E-state index is 13.6. The van der Waals surface area contributed by atoms with E-state index in [9.17, 15) is 4.39 Å². The summed E-state index contributed by atoms with van der Waals surface area (Å²) in [7, 11) is 1.75. The molecule has 2 N–H and O–H groups in total. The summed E-state index contributed by atoms with van der Waals surface area (Å²) >= 11 is 0. The van der Waals surface area contributed by atoms with Gasteiger partial charge in [-0.1, -0.05) is 12.1 Å². The van der Waals surface area contributed by atoms with Gasteiger partial charge in [-0.25, -0.2) is 14.4 Å². The third kappa shape index (κ3) is 6.39. The molecule has 0 amide bonds. The lowest BCUT2D eigenvalue weighted by Gasteiger charge is -2.34. The van der Waals surface area contributed by atoms with Crippen LogP contribution in [0.3, 0.4) is 0 Å². The van der Waals surface area contributed by atoms with Crippen LogP contribution in [0, 0.1) is 12.7 Å². The molecule has 8 heteroatoms. The number of piperazine rings is 1. The molecule has 1 aliphatic heterocycles. The molecule has 0 radical (unpaired) electrons. The molecule has 0 unspecified atom stereocenters. The predicted octanol–water partition coefficient (Wildman–Crippen LogP) is 1.80. The van der Waals surface area contributed by atoms with E-state index in [4.69, 9.17) is 0 Å². The zero-order valence-electron chi connectivity index (χ0n) is 17.2. The summed E-state index contributed by atoms with van der Waals surface area (Å²) < 4.78 is 13.6. The Balaban J connectivity index is 1.32. The van der Waals surface area contributed by atoms with Gasteiger partial charge in [-0.15, -0.1) is 0 Å². The standard InChI is InChI=1S/C21H30FN7/c1-17-5-6-18(15-19(17)22)16-27-20(23-2)24-9-4-10-28-11-13-29(14-12-28)21-25-7-3-8-26-21/h3,5-8,15H,4,9-14,16H2,1-2H3,(H2,23,24,27). The first-order valence-corrected chi connectivity index (χ1v) is 10.1. The SMILES string of the molecule is CN=C(NCCCN1CCN(c2ncccn2)CC1)NCc1ccc(C)c(F)c1. The Morgan fingerprint density at radius 3 is 2.59 bits per heavy atom. The molecule has 156 valence electrons. The minimum absolute atomic E-state index is 0.175. The van der Waals surface area contributed by atoms with Crippen molar-refractivity contribution in [3.8, 4) is 0 Å². The van der Waals surface area contributed by atoms with Gasteiger partial charge in [-0.3, -0.25) is 9.89 Å². The Morgan fingerprint density at radius 2 is 1.90 bits per heavy atom. The average Bonchev–Trinajstić information content (AvgIpc) is 2.76. The molecule has 0 saturated carbocycles. The van der Waals surface area contributed by atoms with Crippen LogP contribution in [0.2, 0.25) is 0 Å². The number of guanidine groups is 1. The lowest BCUT2D eigenvalue weighted by Crippen LogP contribution is -2.47. The maximum Gasteiger partial charge on any atom is 0.225 e. The summed E-state index contributed by atoms with van der Waals surface area (Å²) in [6.45, 7) is 8.12. The molecule has 2 heterocycles. The normalized spacial score (nSPS) is 15.4. The fourth-order valence-electron chi connectivity index (χ4n) is 3.29. The van der Waals surface area contributed by atoms with Crippen LogP contribution in [-0.4, -0.2) is 67.1 Å². The number of aliphatic imine (C=N–C) groups is 1. The Bertz CT molecular complexity index is 789. The number of nitrogens with zero attached hydrogens (tertiary/aromatic N) is 5. The van der Waals surface area contributed by atoms with E-state index in [1.807, 2.05) is 12.1 Å². The van der Waals surface area contributed by atoms with Gasteiger partial charge in [0.25, 0.3) is 0 Å². The Kier molecular flexibility index (Phi) is 7.75. The fraction of sp³-hybridized carbons (Fsp3) is 0.476. The van der Waals surface area contributed by atoms with Crippen molar-refractivity contribution in [3.05, 3.63) is 53.6 Å². The number of nitrogens with one attached hydrogen (secondary N) is 2. The molecule has 0 bridgehead atoms. The minimum atomic E-state index is -0.175. The summed E-state index contributed by atoms with van der Waals surface area (Å²) in [4.78, 5) is 17.6. The molecule has 0 atom stereocenters. The van der Waals surface area contributed by atoms with Crippen LogP contribution in [0.15, 0.2) is 41.7 Å². The first-order chi connectivity index (χ1) is 14.2. The fourth-order valence-corrected chi connectivity index (χ4v) is 3.29. The van der Waals surface area contributed by atoms with Gasteiger partial charge in [0.15, 0.2) is 5.96 Å². The van der Waals surface area contributed by atoms with Crippen molar-refractivity contribution in [2.45, 2.75) is 19.9 Å². The maximum atomic E-state index is 13.6. The van der Waals surface area contributed by atoms with Crippen LogP contribution in [0.1, 0.15) is 17.5 Å². The second-order valence-corrected chi connectivity index (χ2v) is 7.17. The van der Waals surface area contributed by atoms with Gasteiger partial charge >= 0.3 is 0 Å². The predicted molar refractivity (Wildman–Crippen MR) is 115 cm³/mol. The highest BCUT2D eigenvalue weighted by Gasteiger charge is 2.18. The van der Waals surface area contributed by atoms with Gasteiger partial charge < -0.3 is 15.5 Å². The van der Waals surface area contributed by atoms with Crippen LogP contribution >= 0.6 is 0 Å². The van der Waals surface area contributed by atoms with Crippen LogP contribution < -0.4 is 15.5 Å². The number of aromatic nitrogens is 2. The average molecular weight is 400 g/mol. The molecule has 0 spiro atoms. The summed E-state index contributed by atoms with van der Waals surface area (Å²) in [5, 5.41) is 6.56. The summed E-state index contributed by atoms with van der Waals surface area (Å²) in [5.74, 6) is 1.38. The number of rotatable bonds is 7. The van der Waals surface area contributed by atoms with Gasteiger partial charge in [0.1, 0.15) is 5.82 Å². The van der Waals surface area contributed by atoms with Crippen molar-refractivity contribution in [1.29, 1.82) is 0 Å². The van der Waals surface area contributed by atoms with E-state index in [0.717, 1.165) is 63.2 Å². The summed E-state index contributed by atoms with van der Waals surface area (Å²) in [6.07, 6.45) is 4.61. The topological polar surface area (TPSA) is 68.7 Å². The zero-order valence-corrected chi connectivity index (χ0v) is 17.2. The quantitative estimate of drug-likeness (QED) is 0.420. The smallest absolute Gasteiger partial charge is 0.225 e. The van der Waals surface area contributed by atoms with E-state index in [-0.39, 0.29) is 5.82 Å². The van der Waals surface area contributed by atoms with Gasteiger partial charge in [0, 0.05) is 58.7 Å². The second-order valence-electron chi connectivity index (χ2n) is 7.17. The van der Waals surface area contributed by atoms with Crippen molar-refractivity contribution >= 4 is 11.9 Å². The van der Waals surface area contributed by atoms with Crippen molar-refractivity contribution in [1.82, 2.24) is 25.5 Å². The van der Waals surface area contributed by atoms with E-state index in [1.54, 1.807) is 38.5 Å². The number of hydrogen-bond acceptors (Lipinski definition) is 5. The third-order valence-electron chi connectivity index (χ3n) is 5.07. The highest BCUT2D eigenvalue weighted by molar-refractivity contribution is 5.79. The third-order valence-corrected chi connectivity index (χ3v) is 5.07. The molecule has 1 aromatic carbocycles. The van der Waals surface area contributed by atoms with Gasteiger partial charge in [-0.2, -0.15) is 0 Å². The van der Waals surface area contributed by atoms with Gasteiger partial charge in [0.2, 0.25) is 5.95 Å². The molecule has 1 saturated heterocycles. The highest BCUT2D eigenvalue weighted by atomic mass is 19.1. The number of aryl methyl sites for hydroxylation is 1. The molecule has 0 aliphatic carbocycles. The number of anilines is 1. The molecule has 2 aromatic rings. The van der Waals surface area contributed by atoms with Crippen molar-refractivity contribution in [2.75, 3.05) is 51.2 Å². The van der Waals surface area contributed by atoms with E-state index >= 15 is 0 Å². The molecule has 1 aliphatic rings. The molecular weight excluding hydrogens is 369 g/mol. The summed E-state index contributed by atoms with van der Waals surface area (Å²) in [6, 6.07) is 7.13. The van der Waals surface area contributed by atoms with Crippen LogP contribution in [-0.2, 0) is 6.54 Å². The lowest BCUT2D eigenvalue weighted by molar-refractivity contribution is 0.254. The number of halogens is 1. The molecule has 7 nitrogen and oxygen atoms in total. The molecule has 3 rings (SSSR count). The number of benzene rings is 1. The monoisotopic (exact) mass is 399 g/mol. The Morgan fingerprint density at radius 1 is 1.14 bits per heavy atom. The summed E-state index contributed by atoms with van der Waals surface area (Å²) in [5.41, 5.74) is 1.56. The van der Waals surface area contributed by atoms with E-state index in [1.165, 1.54) is 0 Å². The zero-order chi connectivity index (χ0) is 20.5. The largest absolute Gasteiger partial charge is 0.356 e. The molecule has 29 heavy (non-hydrogen) atoms. The van der Waals surface area contributed by atoms with E-state index in [2.05, 4.69) is 35.4 Å². The van der Waals surface area contributed by atoms with E-state index < -0.39 is 0 Å². The first-order valence-electron chi connectivity index (χ1n) is 10.1. The highest BCUT2D eigenvalue weighted by Crippen LogP contribution is 2.10. The van der Waals surface area contributed by atoms with Crippen LogP contribution in [0.5, 0.6) is 0 Å². The lowest BCUT2D eigenvalue weighted by atomic mass is 10.1. The van der Waals surface area contributed by atoms with Gasteiger partial charge in [0.05, 0.1) is 0 Å². The van der Waals surface area contributed by atoms with Crippen molar-refractivity contribution in [2.24, 2.45) is 4.99 Å². The molecule has 1 aromatic heterocycles. The van der Waals surface area contributed by atoms with Crippen LogP contribution in [0.25, 0.3) is 0 Å². The number of hydrogen-bond donors (Lipinski definition) is 2. The minimum Gasteiger partial charge on any atom is -0.356 e. The Labute approximate surface area is 172 Å². The second kappa shape index (κ2) is 10.7. The molecule has 1 fully saturated rings. The Hall–Kier alpha value is -2.74. The first kappa shape index (κ1) is 21.0. The van der Waals surface area contributed by atoms with Gasteiger partial charge in [-0.05, 0) is 43.1 Å². The van der Waals surface area contributed by atoms with Crippen molar-refractivity contribution in [3.63, 3.8) is 0 Å². The van der Waals surface area contributed by atoms with Crippen molar-refractivity contribution < 1.29 is 4.39 Å². The van der Waals surface area contributed by atoms with E-state index in [0.29, 0.717) is 12.1 Å². The molecular formula is C21H30FN7. The van der Waals surface area contributed by atoms with Crippen LogP contribution in [0.4, 0.5) is 10.3 Å².